The number of guanidine groups is 1. The largest absolute Gasteiger partial charge is 0.357 e. The van der Waals surface area contributed by atoms with E-state index in [0.29, 0.717) is 25.4 Å². The number of nitrogens with one attached hydrogen (secondary N) is 3. The Morgan fingerprint density at radius 3 is 2.42 bits per heavy atom. The van der Waals surface area contributed by atoms with Crippen molar-refractivity contribution in [3.05, 3.63) is 35.9 Å². The summed E-state index contributed by atoms with van der Waals surface area (Å²) < 4.78 is 0. The first kappa shape index (κ1) is 22.7. The Morgan fingerprint density at radius 2 is 1.79 bits per heavy atom. The van der Waals surface area contributed by atoms with Crippen LogP contribution in [0.1, 0.15) is 45.1 Å². The van der Waals surface area contributed by atoms with Crippen molar-refractivity contribution in [1.82, 2.24) is 16.0 Å². The molecule has 1 unspecified atom stereocenters. The minimum absolute atomic E-state index is 0. The standard InChI is InChI=1S/C18H30N4O.HI/c1-4-12-20-17(23)11-13-21-18(19-5-2)22-14-15(3)16-9-7-6-8-10-16;/h6-10,15H,4-5,11-14H2,1-3H3,(H,20,23)(H2,19,21,22);1H. The van der Waals surface area contributed by atoms with Crippen LogP contribution in [0.15, 0.2) is 35.3 Å². The lowest BCUT2D eigenvalue weighted by Crippen LogP contribution is -2.39. The van der Waals surface area contributed by atoms with E-state index in [4.69, 9.17) is 0 Å². The highest BCUT2D eigenvalue weighted by atomic mass is 127. The van der Waals surface area contributed by atoms with E-state index in [1.807, 2.05) is 32.0 Å². The molecular weight excluding hydrogens is 415 g/mol. The quantitative estimate of drug-likeness (QED) is 0.311. The number of carbonyl (C=O) groups excluding carboxylic acids is 1. The van der Waals surface area contributed by atoms with Crippen LogP contribution in [0.5, 0.6) is 0 Å². The highest BCUT2D eigenvalue weighted by Gasteiger charge is 2.05. The van der Waals surface area contributed by atoms with Gasteiger partial charge in [0.25, 0.3) is 0 Å². The molecule has 0 aliphatic heterocycles. The molecule has 0 radical (unpaired) electrons. The lowest BCUT2D eigenvalue weighted by atomic mass is 10.0. The van der Waals surface area contributed by atoms with Gasteiger partial charge in [0.15, 0.2) is 5.96 Å². The Kier molecular flexibility index (Phi) is 13.3. The Hall–Kier alpha value is -1.31. The topological polar surface area (TPSA) is 65.5 Å². The molecule has 1 rings (SSSR count). The first-order valence-electron chi connectivity index (χ1n) is 8.51. The number of halogens is 1. The van der Waals surface area contributed by atoms with Crippen molar-refractivity contribution in [2.45, 2.75) is 39.5 Å². The molecule has 1 aromatic rings. The van der Waals surface area contributed by atoms with Crippen molar-refractivity contribution in [2.24, 2.45) is 4.99 Å². The Morgan fingerprint density at radius 1 is 1.08 bits per heavy atom. The van der Waals surface area contributed by atoms with Gasteiger partial charge in [-0.25, -0.2) is 0 Å². The Labute approximate surface area is 163 Å². The van der Waals surface area contributed by atoms with Gasteiger partial charge in [-0.15, -0.1) is 24.0 Å². The van der Waals surface area contributed by atoms with Crippen LogP contribution in [0.4, 0.5) is 0 Å². The summed E-state index contributed by atoms with van der Waals surface area (Å²) in [5.41, 5.74) is 1.28. The average Bonchev–Trinajstić information content (AvgIpc) is 2.58. The van der Waals surface area contributed by atoms with Crippen LogP contribution in [0.25, 0.3) is 0 Å². The van der Waals surface area contributed by atoms with Gasteiger partial charge >= 0.3 is 0 Å². The first-order valence-corrected chi connectivity index (χ1v) is 8.51. The SMILES string of the molecule is CCCNC(=O)CCNC(=NCC(C)c1ccccc1)NCC.I. The molecule has 3 N–H and O–H groups in total. The van der Waals surface area contributed by atoms with Crippen molar-refractivity contribution >= 4 is 35.8 Å². The summed E-state index contributed by atoms with van der Waals surface area (Å²) >= 11 is 0. The van der Waals surface area contributed by atoms with Crippen molar-refractivity contribution in [2.75, 3.05) is 26.2 Å². The fourth-order valence-electron chi connectivity index (χ4n) is 2.10. The number of hydrogen-bond acceptors (Lipinski definition) is 2. The maximum absolute atomic E-state index is 11.6. The van der Waals surface area contributed by atoms with Gasteiger partial charge in [0.2, 0.25) is 5.91 Å². The van der Waals surface area contributed by atoms with E-state index in [1.165, 1.54) is 5.56 Å². The molecule has 5 nitrogen and oxygen atoms in total. The Balaban J connectivity index is 0.00000529. The van der Waals surface area contributed by atoms with Gasteiger partial charge in [-0.3, -0.25) is 9.79 Å². The molecule has 136 valence electrons. The summed E-state index contributed by atoms with van der Waals surface area (Å²) in [6.45, 7) is 9.08. The molecular formula is C18H31IN4O. The van der Waals surface area contributed by atoms with Gasteiger partial charge in [0.1, 0.15) is 0 Å². The second-order valence-electron chi connectivity index (χ2n) is 5.56. The summed E-state index contributed by atoms with van der Waals surface area (Å²) in [5.74, 6) is 1.20. The first-order chi connectivity index (χ1) is 11.2. The third-order valence-corrected chi connectivity index (χ3v) is 3.45. The van der Waals surface area contributed by atoms with Crippen molar-refractivity contribution in [3.63, 3.8) is 0 Å². The van der Waals surface area contributed by atoms with Crippen molar-refractivity contribution in [3.8, 4) is 0 Å². The van der Waals surface area contributed by atoms with Gasteiger partial charge in [-0.05, 0) is 18.9 Å². The lowest BCUT2D eigenvalue weighted by molar-refractivity contribution is -0.120. The normalized spacial score (nSPS) is 12.0. The zero-order chi connectivity index (χ0) is 16.9. The molecule has 1 aromatic carbocycles. The summed E-state index contributed by atoms with van der Waals surface area (Å²) in [7, 11) is 0. The second-order valence-corrected chi connectivity index (χ2v) is 5.56. The third kappa shape index (κ3) is 9.75. The van der Waals surface area contributed by atoms with Crippen LogP contribution in [-0.4, -0.2) is 38.0 Å². The summed E-state index contributed by atoms with van der Waals surface area (Å²) in [6, 6.07) is 10.4. The molecule has 0 spiro atoms. The minimum Gasteiger partial charge on any atom is -0.357 e. The molecule has 0 aromatic heterocycles. The van der Waals surface area contributed by atoms with Gasteiger partial charge in [-0.1, -0.05) is 44.2 Å². The zero-order valence-corrected chi connectivity index (χ0v) is 17.3. The number of carbonyl (C=O) groups is 1. The highest BCUT2D eigenvalue weighted by Crippen LogP contribution is 2.14. The molecule has 24 heavy (non-hydrogen) atoms. The van der Waals surface area contributed by atoms with E-state index >= 15 is 0 Å². The van der Waals surface area contributed by atoms with Crippen LogP contribution >= 0.6 is 24.0 Å². The van der Waals surface area contributed by atoms with Gasteiger partial charge in [-0.2, -0.15) is 0 Å². The van der Waals surface area contributed by atoms with E-state index in [9.17, 15) is 4.79 Å². The second kappa shape index (κ2) is 14.1. The Bertz CT molecular complexity index is 479. The molecule has 1 atom stereocenters. The molecule has 0 aliphatic rings. The zero-order valence-electron chi connectivity index (χ0n) is 15.0. The average molecular weight is 446 g/mol. The molecule has 0 fully saturated rings. The van der Waals surface area contributed by atoms with Gasteiger partial charge in [0, 0.05) is 38.5 Å². The van der Waals surface area contributed by atoms with Crippen molar-refractivity contribution < 1.29 is 4.79 Å². The number of nitrogens with zero attached hydrogens (tertiary/aromatic N) is 1. The van der Waals surface area contributed by atoms with E-state index in [-0.39, 0.29) is 29.9 Å². The maximum Gasteiger partial charge on any atom is 0.221 e. The number of aliphatic imine (C=N–C) groups is 1. The maximum atomic E-state index is 11.6. The number of rotatable bonds is 9. The predicted molar refractivity (Wildman–Crippen MR) is 112 cm³/mol. The molecule has 0 bridgehead atoms. The van der Waals surface area contributed by atoms with E-state index in [2.05, 4.69) is 40.0 Å². The van der Waals surface area contributed by atoms with Crippen LogP contribution in [0.3, 0.4) is 0 Å². The molecule has 0 saturated carbocycles. The van der Waals surface area contributed by atoms with Crippen LogP contribution in [-0.2, 0) is 4.79 Å². The van der Waals surface area contributed by atoms with Crippen LogP contribution in [0.2, 0.25) is 0 Å². The number of amides is 1. The van der Waals surface area contributed by atoms with E-state index in [0.717, 1.165) is 25.5 Å². The lowest BCUT2D eigenvalue weighted by Gasteiger charge is -2.13. The van der Waals surface area contributed by atoms with E-state index < -0.39 is 0 Å². The molecule has 0 heterocycles. The number of benzene rings is 1. The summed E-state index contributed by atoms with van der Waals surface area (Å²) in [5, 5.41) is 9.30. The molecule has 0 aliphatic carbocycles. The van der Waals surface area contributed by atoms with Crippen LogP contribution in [0, 0.1) is 0 Å². The third-order valence-electron chi connectivity index (χ3n) is 3.45. The monoisotopic (exact) mass is 446 g/mol. The van der Waals surface area contributed by atoms with Gasteiger partial charge in [0.05, 0.1) is 0 Å². The van der Waals surface area contributed by atoms with E-state index in [1.54, 1.807) is 0 Å². The summed E-state index contributed by atoms with van der Waals surface area (Å²) in [4.78, 5) is 16.2. The van der Waals surface area contributed by atoms with Gasteiger partial charge < -0.3 is 16.0 Å². The fraction of sp³-hybridized carbons (Fsp3) is 0.556. The molecule has 0 saturated heterocycles. The number of hydrogen-bond donors (Lipinski definition) is 3. The fourth-order valence-corrected chi connectivity index (χ4v) is 2.10. The van der Waals surface area contributed by atoms with Crippen molar-refractivity contribution in [1.29, 1.82) is 0 Å². The minimum atomic E-state index is 0. The summed E-state index contributed by atoms with van der Waals surface area (Å²) in [6.07, 6.45) is 1.42. The smallest absolute Gasteiger partial charge is 0.221 e. The molecule has 6 heteroatoms. The van der Waals surface area contributed by atoms with Crippen LogP contribution < -0.4 is 16.0 Å². The molecule has 1 amide bonds. The highest BCUT2D eigenvalue weighted by molar-refractivity contribution is 14.0. The predicted octanol–water partition coefficient (Wildman–Crippen LogP) is 2.88.